The van der Waals surface area contributed by atoms with Crippen LogP contribution in [0.25, 0.3) is 0 Å². The molecular formula is C37H35BrClN5O3S. The summed E-state index contributed by atoms with van der Waals surface area (Å²) in [6.07, 6.45) is 0. The van der Waals surface area contributed by atoms with Crippen molar-refractivity contribution in [2.75, 3.05) is 17.2 Å². The number of nitrogens with one attached hydrogen (secondary N) is 2. The maximum atomic E-state index is 14.1. The molecule has 6 rings (SSSR count). The number of hydrogen-bond acceptors (Lipinski definition) is 7. The summed E-state index contributed by atoms with van der Waals surface area (Å²) < 4.78 is 14.9. The Morgan fingerprint density at radius 2 is 1.77 bits per heavy atom. The third-order valence-electron chi connectivity index (χ3n) is 7.78. The van der Waals surface area contributed by atoms with Gasteiger partial charge in [-0.25, -0.2) is 4.68 Å². The van der Waals surface area contributed by atoms with Gasteiger partial charge in [0.2, 0.25) is 11.1 Å². The summed E-state index contributed by atoms with van der Waals surface area (Å²) >= 11 is 11.7. The highest BCUT2D eigenvalue weighted by molar-refractivity contribution is 9.10. The molecule has 1 aliphatic rings. The number of aromatic nitrogens is 3. The van der Waals surface area contributed by atoms with E-state index in [-0.39, 0.29) is 5.91 Å². The van der Waals surface area contributed by atoms with E-state index in [2.05, 4.69) is 45.6 Å². The normalized spacial score (nSPS) is 13.9. The molecule has 0 aliphatic carbocycles. The number of ether oxygens (including phenoxy) is 2. The van der Waals surface area contributed by atoms with Crippen LogP contribution in [-0.4, -0.2) is 27.3 Å². The van der Waals surface area contributed by atoms with E-state index >= 15 is 0 Å². The largest absolute Gasteiger partial charge is 0.490 e. The van der Waals surface area contributed by atoms with Gasteiger partial charge in [-0.1, -0.05) is 83.5 Å². The fourth-order valence-corrected chi connectivity index (χ4v) is 7.27. The Kier molecular flexibility index (Phi) is 10.4. The van der Waals surface area contributed by atoms with Gasteiger partial charge in [-0.3, -0.25) is 4.79 Å². The van der Waals surface area contributed by atoms with Gasteiger partial charge in [-0.05, 0) is 96.2 Å². The highest BCUT2D eigenvalue weighted by atomic mass is 79.9. The fraction of sp³-hybridized carbons (Fsp3) is 0.216. The van der Waals surface area contributed by atoms with Gasteiger partial charge in [0.15, 0.2) is 11.5 Å². The first-order valence-electron chi connectivity index (χ1n) is 15.5. The van der Waals surface area contributed by atoms with Gasteiger partial charge in [0.1, 0.15) is 12.6 Å². The maximum absolute atomic E-state index is 14.1. The number of fused-ring (bicyclic) bond motifs is 1. The predicted molar refractivity (Wildman–Crippen MR) is 196 cm³/mol. The van der Waals surface area contributed by atoms with Gasteiger partial charge in [-0.15, -0.1) is 5.10 Å². The van der Waals surface area contributed by atoms with Crippen molar-refractivity contribution in [3.8, 4) is 11.5 Å². The number of carbonyl (C=O) groups is 1. The molecule has 0 fully saturated rings. The molecule has 0 saturated heterocycles. The van der Waals surface area contributed by atoms with E-state index in [0.717, 1.165) is 27.8 Å². The summed E-state index contributed by atoms with van der Waals surface area (Å²) in [6, 6.07) is 26.9. The molecule has 1 aromatic heterocycles. The van der Waals surface area contributed by atoms with E-state index < -0.39 is 6.04 Å². The van der Waals surface area contributed by atoms with Crippen LogP contribution in [-0.2, 0) is 17.2 Å². The monoisotopic (exact) mass is 743 g/mol. The van der Waals surface area contributed by atoms with E-state index in [9.17, 15) is 4.79 Å². The molecule has 4 aromatic carbocycles. The van der Waals surface area contributed by atoms with Crippen molar-refractivity contribution in [1.82, 2.24) is 14.8 Å². The Hall–Kier alpha value is -4.25. The lowest BCUT2D eigenvalue weighted by atomic mass is 9.94. The molecule has 0 saturated carbocycles. The second-order valence-corrected chi connectivity index (χ2v) is 13.7. The molecule has 5 aromatic rings. The lowest BCUT2D eigenvalue weighted by molar-refractivity contribution is -0.113. The van der Waals surface area contributed by atoms with Crippen LogP contribution in [0.2, 0.25) is 5.02 Å². The van der Waals surface area contributed by atoms with Gasteiger partial charge in [0, 0.05) is 22.2 Å². The van der Waals surface area contributed by atoms with Crippen LogP contribution in [0.1, 0.15) is 47.7 Å². The first-order chi connectivity index (χ1) is 23.2. The molecule has 1 amide bonds. The molecule has 0 spiro atoms. The van der Waals surface area contributed by atoms with Gasteiger partial charge in [0.25, 0.3) is 5.91 Å². The zero-order valence-electron chi connectivity index (χ0n) is 27.0. The quantitative estimate of drug-likeness (QED) is 0.130. The van der Waals surface area contributed by atoms with Gasteiger partial charge >= 0.3 is 0 Å². The van der Waals surface area contributed by atoms with Gasteiger partial charge < -0.3 is 20.1 Å². The number of carbonyl (C=O) groups excluding carboxylic acids is 1. The number of hydrogen-bond donors (Lipinski definition) is 2. The standard InChI is InChI=1S/C37H35BrClN5O3S/c1-5-46-31-19-27(18-29(38)34(31)47-20-25-12-8-10-22(2)16-25)33-32(35(45)41-28-14-9-11-23(3)17-28)24(4)40-36-42-37(43-44(33)36)48-21-26-13-6-7-15-30(26)39/h6-19,33H,5,20-21H2,1-4H3,(H,41,45)(H,40,42,43). The van der Waals surface area contributed by atoms with Gasteiger partial charge in [0.05, 0.1) is 16.7 Å². The highest BCUT2D eigenvalue weighted by Gasteiger charge is 2.35. The van der Waals surface area contributed by atoms with Crippen LogP contribution in [0.5, 0.6) is 11.5 Å². The second-order valence-electron chi connectivity index (χ2n) is 11.5. The third-order valence-corrected chi connectivity index (χ3v) is 9.63. The average molecular weight is 745 g/mol. The second kappa shape index (κ2) is 14.9. The number of benzene rings is 4. The minimum atomic E-state index is -0.630. The Morgan fingerprint density at radius 1 is 1.00 bits per heavy atom. The number of nitrogens with zero attached hydrogens (tertiary/aromatic N) is 3. The Balaban J connectivity index is 1.39. The molecule has 2 heterocycles. The van der Waals surface area contributed by atoms with Crippen LogP contribution in [0.4, 0.5) is 11.6 Å². The van der Waals surface area contributed by atoms with Crippen molar-refractivity contribution >= 4 is 56.8 Å². The number of amides is 1. The minimum Gasteiger partial charge on any atom is -0.490 e. The van der Waals surface area contributed by atoms with Crippen LogP contribution >= 0.6 is 39.3 Å². The summed E-state index contributed by atoms with van der Waals surface area (Å²) in [5.41, 5.74) is 6.89. The van der Waals surface area contributed by atoms with Crippen molar-refractivity contribution in [2.45, 2.75) is 51.3 Å². The first kappa shape index (κ1) is 33.6. The Morgan fingerprint density at radius 3 is 2.52 bits per heavy atom. The lowest BCUT2D eigenvalue weighted by Crippen LogP contribution is -2.31. The summed E-state index contributed by atoms with van der Waals surface area (Å²) in [7, 11) is 0. The van der Waals surface area contributed by atoms with Crippen molar-refractivity contribution in [3.05, 3.63) is 134 Å². The Labute approximate surface area is 298 Å². The number of anilines is 2. The molecule has 8 nitrogen and oxygen atoms in total. The molecule has 0 radical (unpaired) electrons. The number of aryl methyl sites for hydroxylation is 2. The molecule has 48 heavy (non-hydrogen) atoms. The molecule has 1 atom stereocenters. The van der Waals surface area contributed by atoms with E-state index in [1.165, 1.54) is 11.8 Å². The van der Waals surface area contributed by atoms with Gasteiger partial charge in [-0.2, -0.15) is 4.98 Å². The summed E-state index contributed by atoms with van der Waals surface area (Å²) in [6.45, 7) is 8.65. The van der Waals surface area contributed by atoms with Crippen LogP contribution in [0, 0.1) is 13.8 Å². The summed E-state index contributed by atoms with van der Waals surface area (Å²) in [4.78, 5) is 18.9. The fourth-order valence-electron chi connectivity index (χ4n) is 5.58. The van der Waals surface area contributed by atoms with Crippen LogP contribution in [0.15, 0.2) is 106 Å². The zero-order chi connectivity index (χ0) is 33.8. The zero-order valence-corrected chi connectivity index (χ0v) is 30.2. The molecule has 1 aliphatic heterocycles. The van der Waals surface area contributed by atoms with Crippen molar-refractivity contribution in [1.29, 1.82) is 0 Å². The molecule has 11 heteroatoms. The van der Waals surface area contributed by atoms with E-state index in [0.29, 0.717) is 68.0 Å². The van der Waals surface area contributed by atoms with Crippen molar-refractivity contribution in [2.24, 2.45) is 0 Å². The van der Waals surface area contributed by atoms with Crippen molar-refractivity contribution < 1.29 is 14.3 Å². The van der Waals surface area contributed by atoms with E-state index in [4.69, 9.17) is 31.2 Å². The molecule has 2 N–H and O–H groups in total. The maximum Gasteiger partial charge on any atom is 0.255 e. The number of thioether (sulfide) groups is 1. The Bertz CT molecular complexity index is 2010. The topological polar surface area (TPSA) is 90.3 Å². The molecular weight excluding hydrogens is 710 g/mol. The highest BCUT2D eigenvalue weighted by Crippen LogP contribution is 2.44. The number of rotatable bonds is 11. The van der Waals surface area contributed by atoms with Crippen LogP contribution < -0.4 is 20.1 Å². The number of halogens is 2. The molecule has 1 unspecified atom stereocenters. The average Bonchev–Trinajstić information content (AvgIpc) is 3.45. The smallest absolute Gasteiger partial charge is 0.255 e. The first-order valence-corrected chi connectivity index (χ1v) is 17.7. The lowest BCUT2D eigenvalue weighted by Gasteiger charge is -2.29. The molecule has 0 bridgehead atoms. The SMILES string of the molecule is CCOc1cc(C2C(C(=O)Nc3cccc(C)c3)=C(C)Nc3nc(SCc4ccccc4Cl)nn32)cc(Br)c1OCc1cccc(C)c1. The minimum absolute atomic E-state index is 0.254. The summed E-state index contributed by atoms with van der Waals surface area (Å²) in [5, 5.41) is 12.6. The predicted octanol–water partition coefficient (Wildman–Crippen LogP) is 9.51. The van der Waals surface area contributed by atoms with Crippen molar-refractivity contribution in [3.63, 3.8) is 0 Å². The van der Waals surface area contributed by atoms with E-state index in [1.54, 1.807) is 4.68 Å². The third kappa shape index (κ3) is 7.56. The number of allylic oxidation sites excluding steroid dienone is 1. The molecule has 246 valence electrons. The summed E-state index contributed by atoms with van der Waals surface area (Å²) in [5.74, 6) is 2.00. The van der Waals surface area contributed by atoms with E-state index in [1.807, 2.05) is 93.6 Å². The van der Waals surface area contributed by atoms with Crippen LogP contribution in [0.3, 0.4) is 0 Å².